The lowest BCUT2D eigenvalue weighted by Gasteiger charge is -2.35. The summed E-state index contributed by atoms with van der Waals surface area (Å²) in [7, 11) is 0. The lowest BCUT2D eigenvalue weighted by Crippen LogP contribution is -2.50. The monoisotopic (exact) mass is 378 g/mol. The van der Waals surface area contributed by atoms with Crippen LogP contribution in [0.1, 0.15) is 45.0 Å². The van der Waals surface area contributed by atoms with Crippen molar-refractivity contribution < 1.29 is 18.7 Å². The first-order valence-electron chi connectivity index (χ1n) is 8.81. The molecule has 1 aliphatic heterocycles. The van der Waals surface area contributed by atoms with Crippen molar-refractivity contribution in [3.05, 3.63) is 29.0 Å². The first-order chi connectivity index (χ1) is 12.2. The number of hydrogen-bond acceptors (Lipinski definition) is 5. The molecule has 2 heterocycles. The largest absolute Gasteiger partial charge is 0.444 e. The number of nitrogens with zero attached hydrogens (tertiary/aromatic N) is 2. The van der Waals surface area contributed by atoms with E-state index in [0.29, 0.717) is 23.5 Å². The van der Waals surface area contributed by atoms with Crippen LogP contribution in [0.25, 0.3) is 10.2 Å². The Bertz CT molecular complexity index is 828. The molecule has 0 unspecified atom stereocenters. The minimum atomic E-state index is -0.604. The summed E-state index contributed by atoms with van der Waals surface area (Å²) in [5.41, 5.74) is -0.305. The molecular weight excluding hydrogens is 355 g/mol. The zero-order valence-electron chi connectivity index (χ0n) is 15.3. The first kappa shape index (κ1) is 18.8. The van der Waals surface area contributed by atoms with Crippen LogP contribution in [-0.4, -0.2) is 39.9 Å². The number of likely N-dealkylation sites (tertiary alicyclic amines) is 1. The van der Waals surface area contributed by atoms with E-state index in [1.54, 1.807) is 32.9 Å². The molecule has 0 bridgehead atoms. The maximum Gasteiger partial charge on any atom is 0.410 e. The SMILES string of the molecule is CC(C)(C)OC(=O)N1CCCC[C@H]1C(=O)Cc1nc2c(F)cccc2s1. The highest BCUT2D eigenvalue weighted by Crippen LogP contribution is 2.27. The second-order valence-electron chi connectivity index (χ2n) is 7.52. The third-order valence-corrected chi connectivity index (χ3v) is 5.26. The number of Topliss-reactive ketones (excluding diaryl/α,β-unsaturated/α-hetero) is 1. The van der Waals surface area contributed by atoms with Gasteiger partial charge in [-0.05, 0) is 52.2 Å². The number of para-hydroxylation sites is 1. The Morgan fingerprint density at radius 3 is 2.81 bits per heavy atom. The van der Waals surface area contributed by atoms with Gasteiger partial charge in [-0.1, -0.05) is 6.07 Å². The number of carbonyl (C=O) groups is 2. The van der Waals surface area contributed by atoms with E-state index in [9.17, 15) is 14.0 Å². The maximum atomic E-state index is 13.8. The quantitative estimate of drug-likeness (QED) is 0.797. The van der Waals surface area contributed by atoms with E-state index in [1.807, 2.05) is 0 Å². The Hall–Kier alpha value is -2.02. The average molecular weight is 378 g/mol. The van der Waals surface area contributed by atoms with Gasteiger partial charge in [-0.25, -0.2) is 14.2 Å². The predicted molar refractivity (Wildman–Crippen MR) is 98.9 cm³/mol. The molecule has 3 rings (SSSR count). The fourth-order valence-corrected chi connectivity index (χ4v) is 4.10. The molecule has 1 aromatic carbocycles. The lowest BCUT2D eigenvalue weighted by molar-refractivity contribution is -0.124. The van der Waals surface area contributed by atoms with Crippen molar-refractivity contribution in [2.45, 2.75) is 58.1 Å². The van der Waals surface area contributed by atoms with Gasteiger partial charge < -0.3 is 4.74 Å². The molecular formula is C19H23FN2O3S. The van der Waals surface area contributed by atoms with Gasteiger partial charge in [0.1, 0.15) is 21.9 Å². The van der Waals surface area contributed by atoms with Gasteiger partial charge in [0, 0.05) is 6.54 Å². The number of benzene rings is 1. The minimum absolute atomic E-state index is 0.0741. The number of halogens is 1. The van der Waals surface area contributed by atoms with Crippen molar-refractivity contribution in [2.24, 2.45) is 0 Å². The van der Waals surface area contributed by atoms with Gasteiger partial charge in [0.25, 0.3) is 0 Å². The van der Waals surface area contributed by atoms with Crippen LogP contribution in [0.5, 0.6) is 0 Å². The van der Waals surface area contributed by atoms with Crippen LogP contribution in [0, 0.1) is 5.82 Å². The average Bonchev–Trinajstić information content (AvgIpc) is 2.97. The summed E-state index contributed by atoms with van der Waals surface area (Å²) in [4.78, 5) is 31.1. The van der Waals surface area contributed by atoms with Crippen LogP contribution < -0.4 is 0 Å². The van der Waals surface area contributed by atoms with Crippen molar-refractivity contribution in [1.29, 1.82) is 0 Å². The van der Waals surface area contributed by atoms with Crippen molar-refractivity contribution >= 4 is 33.4 Å². The van der Waals surface area contributed by atoms with Crippen LogP contribution in [0.15, 0.2) is 18.2 Å². The van der Waals surface area contributed by atoms with Crippen LogP contribution >= 0.6 is 11.3 Å². The standard InChI is InChI=1S/C19H23FN2O3S/c1-19(2,3)25-18(24)22-10-5-4-8-13(22)14(23)11-16-21-17-12(20)7-6-9-15(17)26-16/h6-7,9,13H,4-5,8,10-11H2,1-3H3/t13-/m0/s1. The number of fused-ring (bicyclic) bond motifs is 1. The summed E-state index contributed by atoms with van der Waals surface area (Å²) in [6.45, 7) is 5.93. The Kier molecular flexibility index (Phi) is 5.27. The van der Waals surface area contributed by atoms with Crippen LogP contribution in [-0.2, 0) is 16.0 Å². The maximum absolute atomic E-state index is 13.8. The number of piperidine rings is 1. The fourth-order valence-electron chi connectivity index (χ4n) is 3.11. The molecule has 0 spiro atoms. The number of thiazole rings is 1. The molecule has 2 aromatic rings. The van der Waals surface area contributed by atoms with Crippen molar-refractivity contribution in [2.75, 3.05) is 6.54 Å². The molecule has 1 amide bonds. The Labute approximate surface area is 156 Å². The van der Waals surface area contributed by atoms with Crippen LogP contribution in [0.3, 0.4) is 0 Å². The van der Waals surface area contributed by atoms with E-state index in [0.717, 1.165) is 17.5 Å². The normalized spacial score (nSPS) is 18.2. The van der Waals surface area contributed by atoms with E-state index in [2.05, 4.69) is 4.98 Å². The van der Waals surface area contributed by atoms with Gasteiger partial charge in [-0.2, -0.15) is 0 Å². The van der Waals surface area contributed by atoms with E-state index in [-0.39, 0.29) is 18.0 Å². The number of aromatic nitrogens is 1. The van der Waals surface area contributed by atoms with Gasteiger partial charge in [0.2, 0.25) is 0 Å². The number of ketones is 1. The molecule has 1 aromatic heterocycles. The van der Waals surface area contributed by atoms with Crippen LogP contribution in [0.4, 0.5) is 9.18 Å². The molecule has 5 nitrogen and oxygen atoms in total. The van der Waals surface area contributed by atoms with E-state index < -0.39 is 17.7 Å². The summed E-state index contributed by atoms with van der Waals surface area (Å²) < 4.78 is 20.0. The predicted octanol–water partition coefficient (Wildman–Crippen LogP) is 4.34. The van der Waals surface area contributed by atoms with Crippen molar-refractivity contribution in [1.82, 2.24) is 9.88 Å². The van der Waals surface area contributed by atoms with E-state index >= 15 is 0 Å². The summed E-state index contributed by atoms with van der Waals surface area (Å²) in [6.07, 6.45) is 2.02. The second-order valence-corrected chi connectivity index (χ2v) is 8.64. The second kappa shape index (κ2) is 7.31. The van der Waals surface area contributed by atoms with Gasteiger partial charge in [-0.15, -0.1) is 11.3 Å². The molecule has 0 saturated carbocycles. The first-order valence-corrected chi connectivity index (χ1v) is 9.62. The molecule has 0 aliphatic carbocycles. The molecule has 0 radical (unpaired) electrons. The molecule has 1 atom stereocenters. The zero-order chi connectivity index (χ0) is 18.9. The topological polar surface area (TPSA) is 59.5 Å². The minimum Gasteiger partial charge on any atom is -0.444 e. The van der Waals surface area contributed by atoms with Crippen molar-refractivity contribution in [3.63, 3.8) is 0 Å². The van der Waals surface area contributed by atoms with E-state index in [4.69, 9.17) is 4.74 Å². The number of ether oxygens (including phenoxy) is 1. The van der Waals surface area contributed by atoms with Gasteiger partial charge in [0.05, 0.1) is 17.2 Å². The molecule has 1 fully saturated rings. The Balaban J connectivity index is 1.75. The van der Waals surface area contributed by atoms with Crippen molar-refractivity contribution in [3.8, 4) is 0 Å². The van der Waals surface area contributed by atoms with Gasteiger partial charge in [-0.3, -0.25) is 9.69 Å². The van der Waals surface area contributed by atoms with Gasteiger partial charge >= 0.3 is 6.09 Å². The summed E-state index contributed by atoms with van der Waals surface area (Å²) in [6, 6.07) is 4.28. The molecule has 7 heteroatoms. The lowest BCUT2D eigenvalue weighted by atomic mass is 9.97. The number of carbonyl (C=O) groups excluding carboxylic acids is 2. The number of hydrogen-bond donors (Lipinski definition) is 0. The number of rotatable bonds is 3. The van der Waals surface area contributed by atoms with Gasteiger partial charge in [0.15, 0.2) is 5.78 Å². The van der Waals surface area contributed by atoms with E-state index in [1.165, 1.54) is 22.3 Å². The molecule has 1 aliphatic rings. The zero-order valence-corrected chi connectivity index (χ0v) is 16.1. The Morgan fingerprint density at radius 2 is 2.12 bits per heavy atom. The fraction of sp³-hybridized carbons (Fsp3) is 0.526. The highest BCUT2D eigenvalue weighted by atomic mass is 32.1. The van der Waals surface area contributed by atoms with Crippen LogP contribution in [0.2, 0.25) is 0 Å². The highest BCUT2D eigenvalue weighted by molar-refractivity contribution is 7.18. The smallest absolute Gasteiger partial charge is 0.410 e. The summed E-state index contributed by atoms with van der Waals surface area (Å²) in [5, 5.41) is 0.574. The molecule has 0 N–H and O–H groups in total. The highest BCUT2D eigenvalue weighted by Gasteiger charge is 2.34. The summed E-state index contributed by atoms with van der Waals surface area (Å²) >= 11 is 1.32. The molecule has 26 heavy (non-hydrogen) atoms. The molecule has 1 saturated heterocycles. The third-order valence-electron chi connectivity index (χ3n) is 4.24. The third kappa shape index (κ3) is 4.20. The Morgan fingerprint density at radius 1 is 1.35 bits per heavy atom. The summed E-state index contributed by atoms with van der Waals surface area (Å²) in [5.74, 6) is -0.458. The number of amides is 1. The molecule has 140 valence electrons.